The van der Waals surface area contributed by atoms with Crippen LogP contribution in [0.5, 0.6) is 5.75 Å². The Hall–Kier alpha value is -4.11. The average molecular weight is 520 g/mol. The van der Waals surface area contributed by atoms with E-state index in [2.05, 4.69) is 21.2 Å². The number of ether oxygens (including phenoxy) is 1. The van der Waals surface area contributed by atoms with Crippen LogP contribution in [0.2, 0.25) is 0 Å². The van der Waals surface area contributed by atoms with Crippen molar-refractivity contribution in [3.05, 3.63) is 86.7 Å². The summed E-state index contributed by atoms with van der Waals surface area (Å²) < 4.78 is 13.4. The number of rotatable bonds is 5. The maximum atomic E-state index is 12.3. The number of carboxylic acid groups (broad SMARTS) is 1. The Balaban J connectivity index is 1.77. The van der Waals surface area contributed by atoms with Crippen LogP contribution in [0.1, 0.15) is 15.9 Å². The highest BCUT2D eigenvalue weighted by Gasteiger charge is 2.21. The fourth-order valence-electron chi connectivity index (χ4n) is 3.93. The van der Waals surface area contributed by atoms with E-state index in [1.165, 1.54) is 0 Å². The standard InChI is InChI=1S/C25H18BrN3O5/c1-13-18-11-19-20(12-21(18)34-24(32)22(13)23(30)31)29(16-5-3-4-14(26)10-16)25(28-19)27-15-6-8-17(33-2)9-7-15/h3-12H,1-2H3,(H,27,28)(H,30,31). The molecule has 5 aromatic rings. The molecule has 8 nitrogen and oxygen atoms in total. The van der Waals surface area contributed by atoms with Crippen molar-refractivity contribution < 1.29 is 19.1 Å². The molecule has 5 rings (SSSR count). The van der Waals surface area contributed by atoms with Crippen LogP contribution in [0, 0.1) is 6.92 Å². The molecule has 0 unspecified atom stereocenters. The summed E-state index contributed by atoms with van der Waals surface area (Å²) in [5.41, 5.74) is 2.27. The van der Waals surface area contributed by atoms with Crippen molar-refractivity contribution in [2.75, 3.05) is 12.4 Å². The van der Waals surface area contributed by atoms with Crippen molar-refractivity contribution >= 4 is 55.5 Å². The molecule has 2 N–H and O–H groups in total. The zero-order chi connectivity index (χ0) is 24.0. The second kappa shape index (κ2) is 8.35. The molecular weight excluding hydrogens is 502 g/mol. The summed E-state index contributed by atoms with van der Waals surface area (Å²) in [4.78, 5) is 28.7. The van der Waals surface area contributed by atoms with Crippen molar-refractivity contribution in [3.8, 4) is 11.4 Å². The summed E-state index contributed by atoms with van der Waals surface area (Å²) in [7, 11) is 1.61. The summed E-state index contributed by atoms with van der Waals surface area (Å²) in [5.74, 6) is -0.0566. The number of fused-ring (bicyclic) bond motifs is 2. The number of imidazole rings is 1. The van der Waals surface area contributed by atoms with E-state index >= 15 is 0 Å². The van der Waals surface area contributed by atoms with E-state index in [9.17, 15) is 14.7 Å². The maximum absolute atomic E-state index is 12.3. The van der Waals surface area contributed by atoms with Gasteiger partial charge in [0, 0.05) is 21.6 Å². The quantitative estimate of drug-likeness (QED) is 0.288. The number of hydrogen-bond acceptors (Lipinski definition) is 6. The first kappa shape index (κ1) is 21.7. The molecule has 2 heterocycles. The van der Waals surface area contributed by atoms with E-state index in [1.807, 2.05) is 53.1 Å². The topological polar surface area (TPSA) is 107 Å². The van der Waals surface area contributed by atoms with Gasteiger partial charge in [-0.1, -0.05) is 22.0 Å². The van der Waals surface area contributed by atoms with E-state index in [-0.39, 0.29) is 11.1 Å². The minimum atomic E-state index is -1.32. The number of methoxy groups -OCH3 is 1. The lowest BCUT2D eigenvalue weighted by Crippen LogP contribution is -2.15. The third-order valence-electron chi connectivity index (χ3n) is 5.57. The molecule has 0 saturated heterocycles. The number of nitrogens with zero attached hydrogens (tertiary/aromatic N) is 2. The first-order chi connectivity index (χ1) is 16.4. The zero-order valence-corrected chi connectivity index (χ0v) is 19.7. The Labute approximate surface area is 201 Å². The molecule has 0 saturated carbocycles. The van der Waals surface area contributed by atoms with E-state index < -0.39 is 11.6 Å². The molecule has 3 aromatic carbocycles. The average Bonchev–Trinajstić information content (AvgIpc) is 3.15. The Morgan fingerprint density at radius 3 is 2.59 bits per heavy atom. The van der Waals surface area contributed by atoms with Crippen LogP contribution in [-0.2, 0) is 0 Å². The van der Waals surface area contributed by atoms with E-state index in [4.69, 9.17) is 14.1 Å². The molecule has 0 fully saturated rings. The normalized spacial score (nSPS) is 11.1. The van der Waals surface area contributed by atoms with Crippen LogP contribution in [0.15, 0.2) is 74.3 Å². The number of aromatic carboxylic acids is 1. The third kappa shape index (κ3) is 3.69. The van der Waals surface area contributed by atoms with Crippen molar-refractivity contribution in [2.24, 2.45) is 0 Å². The van der Waals surface area contributed by atoms with Gasteiger partial charge in [-0.05, 0) is 61.0 Å². The number of halogens is 1. The molecule has 0 spiro atoms. The predicted octanol–water partition coefficient (Wildman–Crippen LogP) is 5.65. The summed E-state index contributed by atoms with van der Waals surface area (Å²) in [6.07, 6.45) is 0. The van der Waals surface area contributed by atoms with Gasteiger partial charge >= 0.3 is 11.6 Å². The van der Waals surface area contributed by atoms with Gasteiger partial charge in [-0.15, -0.1) is 0 Å². The lowest BCUT2D eigenvalue weighted by atomic mass is 10.1. The Kier molecular flexibility index (Phi) is 5.33. The maximum Gasteiger partial charge on any atom is 0.351 e. The van der Waals surface area contributed by atoms with Gasteiger partial charge in [0.25, 0.3) is 0 Å². The van der Waals surface area contributed by atoms with Gasteiger partial charge in [-0.2, -0.15) is 0 Å². The number of anilines is 2. The predicted molar refractivity (Wildman–Crippen MR) is 133 cm³/mol. The van der Waals surface area contributed by atoms with Gasteiger partial charge in [0.05, 0.1) is 23.8 Å². The second-order valence-corrected chi connectivity index (χ2v) is 8.55. The monoisotopic (exact) mass is 519 g/mol. The largest absolute Gasteiger partial charge is 0.497 e. The highest BCUT2D eigenvalue weighted by atomic mass is 79.9. The molecule has 0 aliphatic carbocycles. The van der Waals surface area contributed by atoms with Gasteiger partial charge in [-0.3, -0.25) is 4.57 Å². The van der Waals surface area contributed by atoms with Gasteiger partial charge in [-0.25, -0.2) is 14.6 Å². The molecular formula is C25H18BrN3O5. The minimum Gasteiger partial charge on any atom is -0.497 e. The van der Waals surface area contributed by atoms with E-state index in [0.29, 0.717) is 27.9 Å². The number of carboxylic acids is 1. The van der Waals surface area contributed by atoms with Crippen LogP contribution in [0.25, 0.3) is 27.7 Å². The summed E-state index contributed by atoms with van der Waals surface area (Å²) in [5, 5.41) is 13.3. The fourth-order valence-corrected chi connectivity index (χ4v) is 4.32. The van der Waals surface area contributed by atoms with Crippen LogP contribution in [0.3, 0.4) is 0 Å². The third-order valence-corrected chi connectivity index (χ3v) is 6.06. The number of aromatic nitrogens is 2. The Morgan fingerprint density at radius 1 is 1.15 bits per heavy atom. The number of carbonyl (C=O) groups is 1. The zero-order valence-electron chi connectivity index (χ0n) is 18.1. The Bertz CT molecular complexity index is 1640. The van der Waals surface area contributed by atoms with Crippen LogP contribution < -0.4 is 15.7 Å². The van der Waals surface area contributed by atoms with Crippen LogP contribution >= 0.6 is 15.9 Å². The minimum absolute atomic E-state index is 0.284. The molecule has 0 aliphatic heterocycles. The number of benzene rings is 3. The molecule has 2 aromatic heterocycles. The lowest BCUT2D eigenvalue weighted by Gasteiger charge is -2.12. The molecule has 0 amide bonds. The smallest absolute Gasteiger partial charge is 0.351 e. The van der Waals surface area contributed by atoms with E-state index in [0.717, 1.165) is 21.6 Å². The highest BCUT2D eigenvalue weighted by Crippen LogP contribution is 2.32. The van der Waals surface area contributed by atoms with E-state index in [1.54, 1.807) is 26.2 Å². The van der Waals surface area contributed by atoms with Gasteiger partial charge in [0.2, 0.25) is 5.95 Å². The SMILES string of the molecule is COc1ccc(Nc2nc3cc4c(C)c(C(=O)O)c(=O)oc4cc3n2-c2cccc(Br)c2)cc1. The van der Waals surface area contributed by atoms with Crippen LogP contribution in [0.4, 0.5) is 11.6 Å². The molecule has 0 bridgehead atoms. The number of hydrogen-bond donors (Lipinski definition) is 2. The molecule has 170 valence electrons. The molecule has 0 radical (unpaired) electrons. The highest BCUT2D eigenvalue weighted by molar-refractivity contribution is 9.10. The molecule has 0 atom stereocenters. The summed E-state index contributed by atoms with van der Waals surface area (Å²) >= 11 is 3.52. The summed E-state index contributed by atoms with van der Waals surface area (Å²) in [6.45, 7) is 1.59. The molecule has 0 aliphatic rings. The first-order valence-electron chi connectivity index (χ1n) is 10.3. The molecule has 34 heavy (non-hydrogen) atoms. The van der Waals surface area contributed by atoms with Gasteiger partial charge in [0.1, 0.15) is 16.9 Å². The first-order valence-corrected chi connectivity index (χ1v) is 11.0. The fraction of sp³-hybridized carbons (Fsp3) is 0.0800. The van der Waals surface area contributed by atoms with Crippen molar-refractivity contribution in [1.82, 2.24) is 9.55 Å². The Morgan fingerprint density at radius 2 is 1.91 bits per heavy atom. The number of nitrogens with one attached hydrogen (secondary N) is 1. The molecule has 9 heteroatoms. The van der Waals surface area contributed by atoms with Crippen molar-refractivity contribution in [2.45, 2.75) is 6.92 Å². The lowest BCUT2D eigenvalue weighted by molar-refractivity contribution is 0.0691. The van der Waals surface area contributed by atoms with Gasteiger partial charge < -0.3 is 19.6 Å². The van der Waals surface area contributed by atoms with Gasteiger partial charge in [0.15, 0.2) is 0 Å². The van der Waals surface area contributed by atoms with Crippen LogP contribution in [-0.4, -0.2) is 27.7 Å². The second-order valence-electron chi connectivity index (χ2n) is 7.64. The number of aryl methyl sites for hydroxylation is 1. The van der Waals surface area contributed by atoms with Crippen molar-refractivity contribution in [3.63, 3.8) is 0 Å². The van der Waals surface area contributed by atoms with Crippen molar-refractivity contribution in [1.29, 1.82) is 0 Å². The summed E-state index contributed by atoms with van der Waals surface area (Å²) in [6, 6.07) is 18.6.